The summed E-state index contributed by atoms with van der Waals surface area (Å²) in [6.45, 7) is 8.97. The van der Waals surface area contributed by atoms with Crippen molar-refractivity contribution < 1.29 is 18.4 Å². The number of hydrogen-bond acceptors (Lipinski definition) is 3. The summed E-state index contributed by atoms with van der Waals surface area (Å²) in [5, 5.41) is 9.29. The van der Waals surface area contributed by atoms with Crippen LogP contribution in [0.3, 0.4) is 0 Å². The van der Waals surface area contributed by atoms with Crippen LogP contribution in [0, 0.1) is 28.9 Å². The second kappa shape index (κ2) is 11.5. The summed E-state index contributed by atoms with van der Waals surface area (Å²) in [4.78, 5) is 28.1. The molecule has 2 fully saturated rings. The molecular weight excluding hydrogens is 567 g/mol. The molecule has 5 nitrogen and oxygen atoms in total. The highest BCUT2D eigenvalue weighted by Crippen LogP contribution is 2.57. The summed E-state index contributed by atoms with van der Waals surface area (Å²) in [6, 6.07) is 5.63. The minimum Gasteiger partial charge on any atom is -0.355 e. The fourth-order valence-electron chi connectivity index (χ4n) is 7.44. The maximum atomic E-state index is 15.0. The number of carbonyl (C=O) groups is 2. The van der Waals surface area contributed by atoms with Gasteiger partial charge >= 0.3 is 0 Å². The summed E-state index contributed by atoms with van der Waals surface area (Å²) in [7, 11) is 0. The average Bonchev–Trinajstić information content (AvgIpc) is 3.53. The van der Waals surface area contributed by atoms with Crippen LogP contribution in [-0.2, 0) is 15.0 Å². The molecule has 9 heteroatoms. The highest BCUT2D eigenvalue weighted by atomic mass is 35.5. The lowest BCUT2D eigenvalue weighted by Gasteiger charge is -2.37. The van der Waals surface area contributed by atoms with Crippen LogP contribution >= 0.6 is 23.2 Å². The van der Waals surface area contributed by atoms with E-state index in [0.717, 1.165) is 18.8 Å². The minimum absolute atomic E-state index is 0.105. The molecule has 1 saturated carbocycles. The van der Waals surface area contributed by atoms with Crippen LogP contribution in [0.1, 0.15) is 83.3 Å². The molecular formula is C32H39Cl2F2N3O2. The fraction of sp³-hybridized carbons (Fsp3) is 0.562. The van der Waals surface area contributed by atoms with Gasteiger partial charge in [-0.15, -0.1) is 0 Å². The molecule has 1 saturated heterocycles. The second-order valence-electron chi connectivity index (χ2n) is 13.5. The molecule has 3 aliphatic rings. The lowest BCUT2D eigenvalue weighted by atomic mass is 9.62. The first-order valence-corrected chi connectivity index (χ1v) is 15.4. The van der Waals surface area contributed by atoms with Crippen LogP contribution in [-0.4, -0.2) is 30.4 Å². The van der Waals surface area contributed by atoms with Gasteiger partial charge in [0.1, 0.15) is 17.0 Å². The molecule has 0 unspecified atom stereocenters. The van der Waals surface area contributed by atoms with Crippen LogP contribution < -0.4 is 16.0 Å². The van der Waals surface area contributed by atoms with Gasteiger partial charge in [0.05, 0.1) is 16.1 Å². The Bertz CT molecular complexity index is 1350. The van der Waals surface area contributed by atoms with E-state index in [2.05, 4.69) is 43.6 Å². The normalized spacial score (nSPS) is 29.2. The Balaban J connectivity index is 1.55. The third-order valence-electron chi connectivity index (χ3n) is 9.18. The molecule has 0 aromatic heterocycles. The molecule has 0 bridgehead atoms. The molecule has 1 aliphatic carbocycles. The molecule has 2 aromatic carbocycles. The first-order valence-electron chi connectivity index (χ1n) is 14.6. The lowest BCUT2D eigenvalue weighted by molar-refractivity contribution is -0.123. The van der Waals surface area contributed by atoms with Crippen molar-refractivity contribution in [3.05, 3.63) is 63.1 Å². The highest BCUT2D eigenvalue weighted by molar-refractivity contribution is 6.31. The third-order valence-corrected chi connectivity index (χ3v) is 9.76. The predicted molar refractivity (Wildman–Crippen MR) is 159 cm³/mol. The monoisotopic (exact) mass is 605 g/mol. The zero-order chi connectivity index (χ0) is 29.7. The van der Waals surface area contributed by atoms with Crippen molar-refractivity contribution in [1.29, 1.82) is 0 Å². The third kappa shape index (κ3) is 5.74. The van der Waals surface area contributed by atoms with Gasteiger partial charge in [0.2, 0.25) is 11.8 Å². The summed E-state index contributed by atoms with van der Waals surface area (Å²) >= 11 is 12.4. The summed E-state index contributed by atoms with van der Waals surface area (Å²) < 4.78 is 29.3. The Labute approximate surface area is 251 Å². The van der Waals surface area contributed by atoms with Gasteiger partial charge in [0.15, 0.2) is 0 Å². The maximum absolute atomic E-state index is 15.0. The maximum Gasteiger partial charge on any atom is 0.237 e. The van der Waals surface area contributed by atoms with E-state index >= 15 is 4.39 Å². The Hall–Kier alpha value is -2.22. The molecule has 0 radical (unpaired) electrons. The Morgan fingerprint density at radius 2 is 1.83 bits per heavy atom. The highest BCUT2D eigenvalue weighted by Gasteiger charge is 2.66. The number of hydrogen-bond donors (Lipinski definition) is 3. The Kier molecular flexibility index (Phi) is 8.45. The van der Waals surface area contributed by atoms with Crippen molar-refractivity contribution in [2.45, 2.75) is 89.6 Å². The number of rotatable bonds is 7. The number of benzene rings is 2. The van der Waals surface area contributed by atoms with Crippen LogP contribution in [0.25, 0.3) is 0 Å². The van der Waals surface area contributed by atoms with E-state index in [4.69, 9.17) is 23.2 Å². The van der Waals surface area contributed by atoms with Gasteiger partial charge < -0.3 is 16.0 Å². The lowest BCUT2D eigenvalue weighted by Crippen LogP contribution is -2.49. The smallest absolute Gasteiger partial charge is 0.237 e. The van der Waals surface area contributed by atoms with Crippen molar-refractivity contribution >= 4 is 40.7 Å². The van der Waals surface area contributed by atoms with E-state index in [1.807, 2.05) is 0 Å². The largest absolute Gasteiger partial charge is 0.355 e. The van der Waals surface area contributed by atoms with E-state index in [9.17, 15) is 14.0 Å². The standard InChI is InChI=1S/C32H39Cl2F2N3O2/c1-17-7-8-18(12-17)6-5-11-37-29(40)28-27(19-9-10-23(35)21(33)13-19)32(26(39-28)16-31(2,3)4)20-14-24(36)22(34)15-25(20)38-30(32)41/h9-10,13-15,17-18,26-28,39H,5-8,11-12,16H2,1-4H3,(H,37,40)(H,38,41)/t17-,18+,26+,27-,28+,32-/m0/s1. The van der Waals surface area contributed by atoms with Gasteiger partial charge in [-0.1, -0.05) is 69.8 Å². The molecule has 2 amide bonds. The Morgan fingerprint density at radius 3 is 2.49 bits per heavy atom. The number of carbonyl (C=O) groups excluding carboxylic acids is 2. The number of anilines is 1. The average molecular weight is 607 g/mol. The number of nitrogens with one attached hydrogen (secondary N) is 3. The summed E-state index contributed by atoms with van der Waals surface area (Å²) in [5.74, 6) is -1.19. The van der Waals surface area contributed by atoms with Crippen molar-refractivity contribution in [1.82, 2.24) is 10.6 Å². The van der Waals surface area contributed by atoms with Gasteiger partial charge in [-0.2, -0.15) is 0 Å². The van der Waals surface area contributed by atoms with Gasteiger partial charge in [-0.3, -0.25) is 9.59 Å². The van der Waals surface area contributed by atoms with E-state index in [-0.39, 0.29) is 27.3 Å². The molecule has 41 heavy (non-hydrogen) atoms. The van der Waals surface area contributed by atoms with Crippen LogP contribution in [0.5, 0.6) is 0 Å². The first kappa shape index (κ1) is 30.2. The zero-order valence-electron chi connectivity index (χ0n) is 24.1. The first-order chi connectivity index (χ1) is 19.3. The molecule has 222 valence electrons. The molecule has 5 rings (SSSR count). The van der Waals surface area contributed by atoms with E-state index in [1.54, 1.807) is 6.07 Å². The quantitative estimate of drug-likeness (QED) is 0.289. The second-order valence-corrected chi connectivity index (χ2v) is 14.3. The van der Waals surface area contributed by atoms with Crippen LogP contribution in [0.2, 0.25) is 10.0 Å². The molecule has 2 heterocycles. The molecule has 2 aliphatic heterocycles. The minimum atomic E-state index is -1.36. The van der Waals surface area contributed by atoms with E-state index in [1.165, 1.54) is 43.5 Å². The van der Waals surface area contributed by atoms with Gasteiger partial charge in [-0.25, -0.2) is 8.78 Å². The van der Waals surface area contributed by atoms with Crippen molar-refractivity contribution in [3.63, 3.8) is 0 Å². The van der Waals surface area contributed by atoms with Gasteiger partial charge in [0, 0.05) is 24.2 Å². The predicted octanol–water partition coefficient (Wildman–Crippen LogP) is 7.35. The number of fused-ring (bicyclic) bond motifs is 2. The van der Waals surface area contributed by atoms with E-state index in [0.29, 0.717) is 35.7 Å². The molecule has 3 N–H and O–H groups in total. The van der Waals surface area contributed by atoms with Gasteiger partial charge in [0.25, 0.3) is 0 Å². The van der Waals surface area contributed by atoms with Crippen molar-refractivity contribution in [2.24, 2.45) is 17.3 Å². The summed E-state index contributed by atoms with van der Waals surface area (Å²) in [6.07, 6.45) is 6.17. The summed E-state index contributed by atoms with van der Waals surface area (Å²) in [5.41, 5.74) is -0.238. The van der Waals surface area contributed by atoms with Crippen molar-refractivity contribution in [2.75, 3.05) is 11.9 Å². The Morgan fingerprint density at radius 1 is 1.10 bits per heavy atom. The molecule has 2 aromatic rings. The van der Waals surface area contributed by atoms with Crippen LogP contribution in [0.4, 0.5) is 14.5 Å². The SMILES string of the molecule is C[C@H]1CC[C@@H](CCCNC(=O)[C@@H]2N[C@H](CC(C)(C)C)[C@]3(C(=O)Nc4cc(Cl)c(F)cc43)[C@H]2c2ccc(F)c(Cl)c2)C1. The van der Waals surface area contributed by atoms with Crippen molar-refractivity contribution in [3.8, 4) is 0 Å². The molecule has 6 atom stereocenters. The molecule has 1 spiro atoms. The zero-order valence-corrected chi connectivity index (χ0v) is 25.6. The number of halogens is 4. The van der Waals surface area contributed by atoms with Gasteiger partial charge in [-0.05, 0) is 78.3 Å². The topological polar surface area (TPSA) is 70.2 Å². The van der Waals surface area contributed by atoms with Crippen LogP contribution in [0.15, 0.2) is 30.3 Å². The number of amides is 2. The fourth-order valence-corrected chi connectivity index (χ4v) is 7.79. The van der Waals surface area contributed by atoms with E-state index < -0.39 is 35.1 Å².